The van der Waals surface area contributed by atoms with E-state index in [1.54, 1.807) is 41.1 Å². The van der Waals surface area contributed by atoms with Crippen LogP contribution in [-0.4, -0.2) is 10.5 Å². The maximum atomic E-state index is 12.1. The first kappa shape index (κ1) is 12.5. The number of nitrogens with two attached hydrogens (primary N) is 1. The minimum Gasteiger partial charge on any atom is -0.397 e. The summed E-state index contributed by atoms with van der Waals surface area (Å²) in [5, 5.41) is 3.43. The average Bonchev–Trinajstić information content (AvgIpc) is 2.73. The Hall–Kier alpha value is -1.94. The van der Waals surface area contributed by atoms with Gasteiger partial charge in [0.25, 0.3) is 5.91 Å². The maximum absolute atomic E-state index is 12.1. The first-order valence-corrected chi connectivity index (χ1v) is 6.00. The number of nitrogens with one attached hydrogen (secondary N) is 1. The Morgan fingerprint density at radius 2 is 2.06 bits per heavy atom. The summed E-state index contributed by atoms with van der Waals surface area (Å²) in [6, 6.07) is 8.62. The minimum atomic E-state index is -0.184. The summed E-state index contributed by atoms with van der Waals surface area (Å²) in [5.41, 5.74) is 7.52. The third-order valence-electron chi connectivity index (χ3n) is 2.59. The topological polar surface area (TPSA) is 60.0 Å². The summed E-state index contributed by atoms with van der Waals surface area (Å²) in [4.78, 5) is 12.1. The number of hydrogen-bond acceptors (Lipinski definition) is 2. The van der Waals surface area contributed by atoms with Gasteiger partial charge in [-0.05, 0) is 37.3 Å². The monoisotopic (exact) mass is 263 g/mol. The smallest absolute Gasteiger partial charge is 0.272 e. The van der Waals surface area contributed by atoms with E-state index in [0.717, 1.165) is 0 Å². The third kappa shape index (κ3) is 2.65. The van der Waals surface area contributed by atoms with E-state index in [1.807, 2.05) is 6.92 Å². The van der Waals surface area contributed by atoms with Gasteiger partial charge in [-0.1, -0.05) is 11.6 Å². The average molecular weight is 264 g/mol. The molecule has 1 aromatic heterocycles. The van der Waals surface area contributed by atoms with E-state index >= 15 is 0 Å². The van der Waals surface area contributed by atoms with Crippen molar-refractivity contribution in [3.05, 3.63) is 47.2 Å². The van der Waals surface area contributed by atoms with Crippen molar-refractivity contribution in [2.24, 2.45) is 0 Å². The second-order valence-corrected chi connectivity index (χ2v) is 4.34. The molecule has 2 aromatic rings. The van der Waals surface area contributed by atoms with Crippen LogP contribution >= 0.6 is 11.6 Å². The number of amides is 1. The van der Waals surface area contributed by atoms with Crippen LogP contribution in [-0.2, 0) is 6.54 Å². The summed E-state index contributed by atoms with van der Waals surface area (Å²) in [6.07, 6.45) is 1.75. The molecule has 0 bridgehead atoms. The lowest BCUT2D eigenvalue weighted by Gasteiger charge is -2.07. The molecule has 94 valence electrons. The van der Waals surface area contributed by atoms with Crippen molar-refractivity contribution in [2.45, 2.75) is 13.5 Å². The fraction of sp³-hybridized carbons (Fsp3) is 0.154. The Labute approximate surface area is 110 Å². The Bertz CT molecular complexity index is 560. The van der Waals surface area contributed by atoms with Crippen LogP contribution in [0.5, 0.6) is 0 Å². The summed E-state index contributed by atoms with van der Waals surface area (Å²) < 4.78 is 1.81. The quantitative estimate of drug-likeness (QED) is 0.894. The molecule has 1 aromatic carbocycles. The molecular formula is C13H14ClN3O. The molecule has 18 heavy (non-hydrogen) atoms. The van der Waals surface area contributed by atoms with Gasteiger partial charge in [-0.15, -0.1) is 0 Å². The number of aromatic nitrogens is 1. The van der Waals surface area contributed by atoms with Crippen molar-refractivity contribution < 1.29 is 4.79 Å². The van der Waals surface area contributed by atoms with Crippen LogP contribution in [0.15, 0.2) is 36.5 Å². The standard InChI is InChI=1S/C13H14ClN3O/c1-2-17-8-10(15)7-12(17)13(18)16-11-5-3-9(14)4-6-11/h3-8H,2,15H2,1H3,(H,16,18). The van der Waals surface area contributed by atoms with Gasteiger partial charge in [0, 0.05) is 23.5 Å². The highest BCUT2D eigenvalue weighted by molar-refractivity contribution is 6.30. The highest BCUT2D eigenvalue weighted by atomic mass is 35.5. The molecule has 0 aliphatic rings. The van der Waals surface area contributed by atoms with Gasteiger partial charge in [0.1, 0.15) is 5.69 Å². The van der Waals surface area contributed by atoms with Gasteiger partial charge in [0.15, 0.2) is 0 Å². The number of hydrogen-bond donors (Lipinski definition) is 2. The molecule has 4 nitrogen and oxygen atoms in total. The van der Waals surface area contributed by atoms with Crippen LogP contribution in [0.3, 0.4) is 0 Å². The van der Waals surface area contributed by atoms with Gasteiger partial charge in [-0.3, -0.25) is 4.79 Å². The molecular weight excluding hydrogens is 250 g/mol. The number of carbonyl (C=O) groups is 1. The molecule has 1 heterocycles. The van der Waals surface area contributed by atoms with E-state index in [-0.39, 0.29) is 5.91 Å². The molecule has 2 rings (SSSR count). The van der Waals surface area contributed by atoms with Gasteiger partial charge in [-0.25, -0.2) is 0 Å². The predicted octanol–water partition coefficient (Wildman–Crippen LogP) is 3.00. The zero-order valence-electron chi connectivity index (χ0n) is 9.98. The zero-order valence-corrected chi connectivity index (χ0v) is 10.7. The summed E-state index contributed by atoms with van der Waals surface area (Å²) >= 11 is 5.78. The number of halogens is 1. The van der Waals surface area contributed by atoms with E-state index in [2.05, 4.69) is 5.32 Å². The molecule has 0 aliphatic heterocycles. The highest BCUT2D eigenvalue weighted by Gasteiger charge is 2.12. The number of aryl methyl sites for hydroxylation is 1. The first-order chi connectivity index (χ1) is 8.60. The Morgan fingerprint density at radius 1 is 1.39 bits per heavy atom. The number of rotatable bonds is 3. The molecule has 0 saturated heterocycles. The van der Waals surface area contributed by atoms with Crippen LogP contribution in [0.25, 0.3) is 0 Å². The number of carbonyl (C=O) groups excluding carboxylic acids is 1. The summed E-state index contributed by atoms with van der Waals surface area (Å²) in [6.45, 7) is 2.65. The van der Waals surface area contributed by atoms with Crippen molar-refractivity contribution in [2.75, 3.05) is 11.1 Å². The van der Waals surface area contributed by atoms with Gasteiger partial charge >= 0.3 is 0 Å². The molecule has 5 heteroatoms. The molecule has 0 saturated carbocycles. The lowest BCUT2D eigenvalue weighted by atomic mass is 10.3. The lowest BCUT2D eigenvalue weighted by Crippen LogP contribution is -2.16. The number of anilines is 2. The molecule has 0 atom stereocenters. The van der Waals surface area contributed by atoms with E-state index in [0.29, 0.717) is 28.6 Å². The van der Waals surface area contributed by atoms with Crippen molar-refractivity contribution in [1.82, 2.24) is 4.57 Å². The van der Waals surface area contributed by atoms with E-state index in [4.69, 9.17) is 17.3 Å². The summed E-state index contributed by atoms with van der Waals surface area (Å²) in [5.74, 6) is -0.184. The van der Waals surface area contributed by atoms with Crippen LogP contribution in [0.1, 0.15) is 17.4 Å². The Morgan fingerprint density at radius 3 is 2.67 bits per heavy atom. The predicted molar refractivity (Wildman–Crippen MR) is 73.9 cm³/mol. The fourth-order valence-electron chi connectivity index (χ4n) is 1.71. The molecule has 0 unspecified atom stereocenters. The molecule has 3 N–H and O–H groups in total. The van der Waals surface area contributed by atoms with E-state index in [1.165, 1.54) is 0 Å². The van der Waals surface area contributed by atoms with Crippen LogP contribution in [0, 0.1) is 0 Å². The number of nitrogen functional groups attached to an aromatic ring is 1. The van der Waals surface area contributed by atoms with E-state index < -0.39 is 0 Å². The van der Waals surface area contributed by atoms with Crippen LogP contribution in [0.4, 0.5) is 11.4 Å². The largest absolute Gasteiger partial charge is 0.397 e. The third-order valence-corrected chi connectivity index (χ3v) is 2.85. The second kappa shape index (κ2) is 5.14. The van der Waals surface area contributed by atoms with Crippen molar-refractivity contribution in [3.63, 3.8) is 0 Å². The normalized spacial score (nSPS) is 10.3. The van der Waals surface area contributed by atoms with E-state index in [9.17, 15) is 4.79 Å². The maximum Gasteiger partial charge on any atom is 0.272 e. The second-order valence-electron chi connectivity index (χ2n) is 3.91. The van der Waals surface area contributed by atoms with Gasteiger partial charge in [0.05, 0.1) is 5.69 Å². The molecule has 0 spiro atoms. The van der Waals surface area contributed by atoms with Gasteiger partial charge < -0.3 is 15.6 Å². The van der Waals surface area contributed by atoms with Crippen molar-refractivity contribution in [1.29, 1.82) is 0 Å². The first-order valence-electron chi connectivity index (χ1n) is 5.62. The molecule has 0 fully saturated rings. The molecule has 0 radical (unpaired) electrons. The van der Waals surface area contributed by atoms with Crippen LogP contribution in [0.2, 0.25) is 5.02 Å². The number of benzene rings is 1. The lowest BCUT2D eigenvalue weighted by molar-refractivity contribution is 0.101. The van der Waals surface area contributed by atoms with Gasteiger partial charge in [-0.2, -0.15) is 0 Å². The zero-order chi connectivity index (χ0) is 13.1. The van der Waals surface area contributed by atoms with Crippen molar-refractivity contribution >= 4 is 28.9 Å². The number of nitrogens with zero attached hydrogens (tertiary/aromatic N) is 1. The highest BCUT2D eigenvalue weighted by Crippen LogP contribution is 2.16. The fourth-order valence-corrected chi connectivity index (χ4v) is 1.84. The van der Waals surface area contributed by atoms with Crippen LogP contribution < -0.4 is 11.1 Å². The SMILES string of the molecule is CCn1cc(N)cc1C(=O)Nc1ccc(Cl)cc1. The Kier molecular flexibility index (Phi) is 3.58. The molecule has 0 aliphatic carbocycles. The minimum absolute atomic E-state index is 0.184. The van der Waals surface area contributed by atoms with Crippen molar-refractivity contribution in [3.8, 4) is 0 Å². The summed E-state index contributed by atoms with van der Waals surface area (Å²) in [7, 11) is 0. The Balaban J connectivity index is 2.19. The molecule has 1 amide bonds. The van der Waals surface area contributed by atoms with Gasteiger partial charge in [0.2, 0.25) is 0 Å².